The molecule has 246 valence electrons. The van der Waals surface area contributed by atoms with E-state index in [9.17, 15) is 59.4 Å². The Morgan fingerprint density at radius 2 is 1.21 bits per heavy atom. The molecule has 0 radical (unpaired) electrons. The van der Waals surface area contributed by atoms with Crippen molar-refractivity contribution in [1.82, 2.24) is 9.80 Å². The maximum absolute atomic E-state index is 13.5. The standard InChI is InChI=1S/C30H24Cl2N2O13/c31-19-5-15-25(13-3-1-2-4-14(13)30(45)46)16-6-20(32)27(44)18(8-34(11-23(39)40)12-24(41)42)29(16)47-28(15)17(26(19)43)7-33(9-21(35)36)10-22(37)38/h1-6,43H,7-12H2,(H,35,36)(H,37,38)(H,39,40)(H,41,42)(H,45,46). The number of carboxylic acid groups (broad SMARTS) is 5. The van der Waals surface area contributed by atoms with Crippen molar-refractivity contribution >= 4 is 64.0 Å². The van der Waals surface area contributed by atoms with Crippen molar-refractivity contribution in [3.63, 3.8) is 0 Å². The first-order valence-electron chi connectivity index (χ1n) is 13.4. The maximum Gasteiger partial charge on any atom is 0.336 e. The Bertz CT molecular complexity index is 1940. The van der Waals surface area contributed by atoms with E-state index in [1.54, 1.807) is 0 Å². The number of nitrogens with zero attached hydrogens (tertiary/aromatic N) is 2. The van der Waals surface area contributed by atoms with Crippen molar-refractivity contribution in [3.8, 4) is 28.2 Å². The first-order chi connectivity index (χ1) is 22.1. The number of hydrogen-bond acceptors (Lipinski definition) is 10. The molecular weight excluding hydrogens is 667 g/mol. The fraction of sp³-hybridized carbons (Fsp3) is 0.200. The molecule has 0 spiro atoms. The predicted molar refractivity (Wildman–Crippen MR) is 164 cm³/mol. The number of aliphatic carboxylic acids is 4. The van der Waals surface area contributed by atoms with Crippen LogP contribution in [-0.4, -0.2) is 96.5 Å². The quantitative estimate of drug-likeness (QED) is 0.104. The van der Waals surface area contributed by atoms with Crippen LogP contribution in [0.4, 0.5) is 0 Å². The van der Waals surface area contributed by atoms with Crippen molar-refractivity contribution in [2.75, 3.05) is 26.2 Å². The molecule has 0 fully saturated rings. The van der Waals surface area contributed by atoms with Gasteiger partial charge >= 0.3 is 29.8 Å². The molecule has 6 N–H and O–H groups in total. The summed E-state index contributed by atoms with van der Waals surface area (Å²) in [6.45, 7) is -4.43. The van der Waals surface area contributed by atoms with Crippen molar-refractivity contribution in [2.45, 2.75) is 13.1 Å². The van der Waals surface area contributed by atoms with Crippen LogP contribution in [-0.2, 0) is 32.3 Å². The van der Waals surface area contributed by atoms with Crippen molar-refractivity contribution < 1.29 is 59.0 Å². The first kappa shape index (κ1) is 34.6. The van der Waals surface area contributed by atoms with Gasteiger partial charge in [-0.15, -0.1) is 0 Å². The summed E-state index contributed by atoms with van der Waals surface area (Å²) in [5.41, 5.74) is -1.77. The lowest BCUT2D eigenvalue weighted by molar-refractivity contribution is -0.144. The zero-order valence-corrected chi connectivity index (χ0v) is 25.4. The molecule has 0 bridgehead atoms. The van der Waals surface area contributed by atoms with E-state index in [1.807, 2.05) is 0 Å². The summed E-state index contributed by atoms with van der Waals surface area (Å²) in [4.78, 5) is 73.8. The predicted octanol–water partition coefficient (Wildman–Crippen LogP) is 3.22. The van der Waals surface area contributed by atoms with Crippen LogP contribution in [0.1, 0.15) is 21.5 Å². The monoisotopic (exact) mass is 690 g/mol. The second-order valence-corrected chi connectivity index (χ2v) is 11.1. The van der Waals surface area contributed by atoms with E-state index < -0.39 is 85.3 Å². The summed E-state index contributed by atoms with van der Waals surface area (Å²) in [6.07, 6.45) is 0. The van der Waals surface area contributed by atoms with Crippen LogP contribution < -0.4 is 5.43 Å². The molecule has 4 rings (SSSR count). The van der Waals surface area contributed by atoms with Crippen molar-refractivity contribution in [3.05, 3.63) is 73.4 Å². The van der Waals surface area contributed by atoms with Crippen LogP contribution >= 0.6 is 23.2 Å². The smallest absolute Gasteiger partial charge is 0.336 e. The number of halogens is 2. The molecule has 1 heterocycles. The molecule has 0 aromatic heterocycles. The van der Waals surface area contributed by atoms with Gasteiger partial charge in [0.1, 0.15) is 17.1 Å². The third-order valence-corrected chi connectivity index (χ3v) is 7.52. The summed E-state index contributed by atoms with van der Waals surface area (Å²) in [7, 11) is 0. The lowest BCUT2D eigenvalue weighted by atomic mass is 9.88. The molecule has 0 unspecified atom stereocenters. The number of hydrogen-bond donors (Lipinski definition) is 6. The Kier molecular flexibility index (Phi) is 10.4. The molecule has 0 saturated heterocycles. The molecule has 0 amide bonds. The Hall–Kier alpha value is -5.22. The van der Waals surface area contributed by atoms with Gasteiger partial charge in [-0.1, -0.05) is 41.4 Å². The molecule has 1 aliphatic carbocycles. The average molecular weight is 691 g/mol. The van der Waals surface area contributed by atoms with Crippen LogP contribution in [0.25, 0.3) is 33.4 Å². The Morgan fingerprint density at radius 1 is 0.702 bits per heavy atom. The van der Waals surface area contributed by atoms with Gasteiger partial charge in [-0.25, -0.2) is 4.79 Å². The van der Waals surface area contributed by atoms with E-state index in [4.69, 9.17) is 27.6 Å². The van der Waals surface area contributed by atoms with E-state index in [0.717, 1.165) is 9.80 Å². The highest BCUT2D eigenvalue weighted by Gasteiger charge is 2.30. The number of phenolic OH excluding ortho intramolecular Hbond substituents is 1. The van der Waals surface area contributed by atoms with Gasteiger partial charge in [0.25, 0.3) is 0 Å². The summed E-state index contributed by atoms with van der Waals surface area (Å²) < 4.78 is 6.20. The summed E-state index contributed by atoms with van der Waals surface area (Å²) >= 11 is 12.7. The molecule has 17 heteroatoms. The number of carbonyl (C=O) groups is 5. The van der Waals surface area contributed by atoms with Crippen LogP contribution in [0.5, 0.6) is 5.75 Å². The van der Waals surface area contributed by atoms with Gasteiger partial charge < -0.3 is 35.1 Å². The molecule has 2 aromatic rings. The second kappa shape index (κ2) is 14.0. The number of rotatable bonds is 14. The van der Waals surface area contributed by atoms with E-state index in [1.165, 1.54) is 36.4 Å². The van der Waals surface area contributed by atoms with Gasteiger partial charge in [0.05, 0.1) is 52.9 Å². The van der Waals surface area contributed by atoms with Gasteiger partial charge in [0, 0.05) is 29.6 Å². The van der Waals surface area contributed by atoms with E-state index in [0.29, 0.717) is 0 Å². The minimum atomic E-state index is -1.41. The number of aromatic hydroxyl groups is 1. The topological polar surface area (TPSA) is 243 Å². The number of fused-ring (bicyclic) bond motifs is 2. The van der Waals surface area contributed by atoms with E-state index >= 15 is 0 Å². The molecular formula is C30H24Cl2N2O13. The SMILES string of the molecule is O=C(O)CN(CC(=O)O)Cc1c2oc3c(CN(CC(=O)O)CC(=O)O)c(O)c(Cl)cc3c(-c3ccccc3C(=O)O)c-2cc(Cl)c1=O. The minimum absolute atomic E-state index is 0.0250. The van der Waals surface area contributed by atoms with Gasteiger partial charge in [-0.2, -0.15) is 0 Å². The largest absolute Gasteiger partial charge is 0.506 e. The molecule has 47 heavy (non-hydrogen) atoms. The number of aromatic carboxylic acids is 1. The lowest BCUT2D eigenvalue weighted by Gasteiger charge is -2.25. The van der Waals surface area contributed by atoms with Gasteiger partial charge in [-0.05, 0) is 23.8 Å². The minimum Gasteiger partial charge on any atom is -0.506 e. The highest BCUT2D eigenvalue weighted by atomic mass is 35.5. The Morgan fingerprint density at radius 3 is 1.72 bits per heavy atom. The molecule has 2 aromatic carbocycles. The number of phenols is 1. The van der Waals surface area contributed by atoms with Crippen molar-refractivity contribution in [2.24, 2.45) is 0 Å². The Labute approximate surface area is 273 Å². The van der Waals surface area contributed by atoms with Gasteiger partial charge in [-0.3, -0.25) is 33.8 Å². The highest BCUT2D eigenvalue weighted by molar-refractivity contribution is 6.33. The highest BCUT2D eigenvalue weighted by Crippen LogP contribution is 2.47. The van der Waals surface area contributed by atoms with Crippen LogP contribution in [0.3, 0.4) is 0 Å². The maximum atomic E-state index is 13.5. The van der Waals surface area contributed by atoms with Crippen LogP contribution in [0, 0.1) is 0 Å². The Balaban J connectivity index is 2.19. The van der Waals surface area contributed by atoms with E-state index in [-0.39, 0.29) is 55.1 Å². The normalized spacial score (nSPS) is 11.4. The molecule has 0 atom stereocenters. The zero-order chi connectivity index (χ0) is 34.7. The first-order valence-corrected chi connectivity index (χ1v) is 14.1. The number of carboxylic acids is 5. The van der Waals surface area contributed by atoms with Crippen LogP contribution in [0.15, 0.2) is 45.6 Å². The lowest BCUT2D eigenvalue weighted by Crippen LogP contribution is -2.35. The second-order valence-electron chi connectivity index (χ2n) is 10.3. The van der Waals surface area contributed by atoms with Crippen molar-refractivity contribution in [1.29, 1.82) is 0 Å². The summed E-state index contributed by atoms with van der Waals surface area (Å²) in [5.74, 6) is -7.93. The molecule has 1 aliphatic heterocycles. The zero-order valence-electron chi connectivity index (χ0n) is 23.9. The average Bonchev–Trinajstić information content (AvgIpc) is 2.95. The fourth-order valence-corrected chi connectivity index (χ4v) is 5.66. The third kappa shape index (κ3) is 7.61. The number of benzene rings is 3. The molecule has 2 aliphatic rings. The third-order valence-electron chi connectivity index (χ3n) is 6.95. The van der Waals surface area contributed by atoms with Gasteiger partial charge in [0.2, 0.25) is 5.43 Å². The van der Waals surface area contributed by atoms with E-state index in [2.05, 4.69) is 0 Å². The molecule has 15 nitrogen and oxygen atoms in total. The van der Waals surface area contributed by atoms with Gasteiger partial charge in [0.15, 0.2) is 0 Å². The molecule has 0 saturated carbocycles. The summed E-state index contributed by atoms with van der Waals surface area (Å²) in [6, 6.07) is 8.09. The summed E-state index contributed by atoms with van der Waals surface area (Å²) in [5, 5.41) is 58.0. The fourth-order valence-electron chi connectivity index (χ4n) is 5.21. The van der Waals surface area contributed by atoms with Crippen LogP contribution in [0.2, 0.25) is 10.0 Å².